The largest absolute Gasteiger partial charge is 0.495 e. The second kappa shape index (κ2) is 8.91. The van der Waals surface area contributed by atoms with Gasteiger partial charge in [-0.15, -0.1) is 0 Å². The number of rotatable bonds is 5. The lowest BCUT2D eigenvalue weighted by atomic mass is 10.1. The number of likely N-dealkylation sites (tertiary alicyclic amines) is 1. The van der Waals surface area contributed by atoms with Gasteiger partial charge in [0.2, 0.25) is 10.0 Å². The van der Waals surface area contributed by atoms with Gasteiger partial charge in [0.15, 0.2) is 0 Å². The van der Waals surface area contributed by atoms with Crippen molar-refractivity contribution in [3.63, 3.8) is 0 Å². The first-order valence-corrected chi connectivity index (χ1v) is 11.8. The molecular formula is C18H27FN2O3S2. The molecule has 26 heavy (non-hydrogen) atoms. The van der Waals surface area contributed by atoms with Crippen LogP contribution in [0.3, 0.4) is 0 Å². The second-order valence-electron chi connectivity index (χ2n) is 6.85. The molecule has 146 valence electrons. The molecule has 1 aromatic carbocycles. The first-order chi connectivity index (χ1) is 12.5. The van der Waals surface area contributed by atoms with Gasteiger partial charge in [0.05, 0.1) is 7.11 Å². The monoisotopic (exact) mass is 402 g/mol. The molecule has 0 amide bonds. The quantitative estimate of drug-likeness (QED) is 0.758. The molecule has 0 saturated carbocycles. The number of nitrogens with zero attached hydrogens (tertiary/aromatic N) is 2. The third-order valence-electron chi connectivity index (χ3n) is 5.01. The van der Waals surface area contributed by atoms with Crippen LogP contribution >= 0.6 is 11.8 Å². The summed E-state index contributed by atoms with van der Waals surface area (Å²) in [7, 11) is -2.41. The Morgan fingerprint density at radius 3 is 2.69 bits per heavy atom. The molecule has 0 radical (unpaired) electrons. The molecule has 0 aromatic heterocycles. The Morgan fingerprint density at radius 2 is 1.96 bits per heavy atom. The van der Waals surface area contributed by atoms with E-state index in [-0.39, 0.29) is 16.7 Å². The van der Waals surface area contributed by atoms with Crippen LogP contribution < -0.4 is 4.74 Å². The zero-order valence-electron chi connectivity index (χ0n) is 15.2. The van der Waals surface area contributed by atoms with Crippen LogP contribution in [0.15, 0.2) is 23.1 Å². The standard InChI is InChI=1S/C18H27FN2O3S2/c1-24-17-7-6-15(19)12-18(17)26(22,23)21-10-5-11-25-14-16(21)13-20-8-3-2-4-9-20/h6-7,12,16H,2-5,8-11,13-14H2,1H3. The molecule has 5 nitrogen and oxygen atoms in total. The molecule has 0 aliphatic carbocycles. The molecule has 2 fully saturated rings. The summed E-state index contributed by atoms with van der Waals surface area (Å²) < 4.78 is 47.3. The average molecular weight is 403 g/mol. The molecule has 2 aliphatic heterocycles. The summed E-state index contributed by atoms with van der Waals surface area (Å²) in [6.45, 7) is 3.26. The summed E-state index contributed by atoms with van der Waals surface area (Å²) in [6, 6.07) is 3.58. The number of hydrogen-bond donors (Lipinski definition) is 0. The number of piperidine rings is 1. The van der Waals surface area contributed by atoms with Crippen molar-refractivity contribution in [1.29, 1.82) is 0 Å². The molecule has 2 heterocycles. The van der Waals surface area contributed by atoms with Gasteiger partial charge in [-0.2, -0.15) is 16.1 Å². The van der Waals surface area contributed by atoms with Crippen molar-refractivity contribution in [2.45, 2.75) is 36.6 Å². The summed E-state index contributed by atoms with van der Waals surface area (Å²) in [6.07, 6.45) is 4.39. The lowest BCUT2D eigenvalue weighted by Gasteiger charge is -2.35. The van der Waals surface area contributed by atoms with E-state index in [1.54, 1.807) is 16.1 Å². The molecule has 0 bridgehead atoms. The summed E-state index contributed by atoms with van der Waals surface area (Å²) >= 11 is 1.80. The lowest BCUT2D eigenvalue weighted by molar-refractivity contribution is 0.183. The van der Waals surface area contributed by atoms with E-state index in [0.29, 0.717) is 6.54 Å². The molecule has 1 unspecified atom stereocenters. The fourth-order valence-corrected chi connectivity index (χ4v) is 6.66. The van der Waals surface area contributed by atoms with E-state index in [4.69, 9.17) is 4.74 Å². The summed E-state index contributed by atoms with van der Waals surface area (Å²) in [5.74, 6) is 1.34. The molecule has 3 rings (SSSR count). The maximum Gasteiger partial charge on any atom is 0.247 e. The van der Waals surface area contributed by atoms with Crippen LogP contribution in [0, 0.1) is 5.82 Å². The number of hydrogen-bond acceptors (Lipinski definition) is 5. The molecule has 0 spiro atoms. The van der Waals surface area contributed by atoms with Gasteiger partial charge in [0.1, 0.15) is 16.5 Å². The van der Waals surface area contributed by atoms with E-state index in [9.17, 15) is 12.8 Å². The van der Waals surface area contributed by atoms with E-state index in [0.717, 1.165) is 43.6 Å². The molecule has 8 heteroatoms. The van der Waals surface area contributed by atoms with Crippen molar-refractivity contribution in [2.75, 3.05) is 44.8 Å². The molecule has 2 aliphatic rings. The third kappa shape index (κ3) is 4.52. The lowest BCUT2D eigenvalue weighted by Crippen LogP contribution is -2.49. The first-order valence-electron chi connectivity index (χ1n) is 9.18. The maximum absolute atomic E-state index is 13.8. The minimum absolute atomic E-state index is 0.0736. The number of benzene rings is 1. The Balaban J connectivity index is 1.90. The van der Waals surface area contributed by atoms with Crippen molar-refractivity contribution < 1.29 is 17.5 Å². The normalized spacial score (nSPS) is 23.5. The van der Waals surface area contributed by atoms with Crippen molar-refractivity contribution in [2.24, 2.45) is 0 Å². The second-order valence-corrected chi connectivity index (χ2v) is 9.86. The fourth-order valence-electron chi connectivity index (χ4n) is 3.69. The topological polar surface area (TPSA) is 49.9 Å². The smallest absolute Gasteiger partial charge is 0.247 e. The Kier molecular flexibility index (Phi) is 6.82. The van der Waals surface area contributed by atoms with Gasteiger partial charge in [0.25, 0.3) is 0 Å². The SMILES string of the molecule is COc1ccc(F)cc1S(=O)(=O)N1CCCSCC1CN1CCCCC1. The Morgan fingerprint density at radius 1 is 1.19 bits per heavy atom. The minimum atomic E-state index is -3.82. The summed E-state index contributed by atoms with van der Waals surface area (Å²) in [5, 5.41) is 0. The van der Waals surface area contributed by atoms with Crippen molar-refractivity contribution in [3.05, 3.63) is 24.0 Å². The first kappa shape index (κ1) is 19.9. The Hall–Kier alpha value is -0.830. The minimum Gasteiger partial charge on any atom is -0.495 e. The summed E-state index contributed by atoms with van der Waals surface area (Å²) in [5.41, 5.74) is 0. The fraction of sp³-hybridized carbons (Fsp3) is 0.667. The Labute approximate surface area is 159 Å². The molecule has 2 saturated heterocycles. The highest BCUT2D eigenvalue weighted by molar-refractivity contribution is 7.99. The molecule has 1 aromatic rings. The van der Waals surface area contributed by atoms with Crippen LogP contribution in [0.2, 0.25) is 0 Å². The van der Waals surface area contributed by atoms with Crippen LogP contribution in [0.25, 0.3) is 0 Å². The van der Waals surface area contributed by atoms with E-state index < -0.39 is 15.8 Å². The van der Waals surface area contributed by atoms with Gasteiger partial charge in [-0.25, -0.2) is 12.8 Å². The number of sulfonamides is 1. The van der Waals surface area contributed by atoms with Crippen LogP contribution in [-0.4, -0.2) is 68.5 Å². The van der Waals surface area contributed by atoms with E-state index in [2.05, 4.69) is 4.90 Å². The highest BCUT2D eigenvalue weighted by Crippen LogP contribution is 2.31. The predicted molar refractivity (Wildman–Crippen MR) is 103 cm³/mol. The number of ether oxygens (including phenoxy) is 1. The van der Waals surface area contributed by atoms with Gasteiger partial charge in [-0.1, -0.05) is 6.42 Å². The van der Waals surface area contributed by atoms with Gasteiger partial charge in [-0.05, 0) is 56.3 Å². The van der Waals surface area contributed by atoms with Crippen LogP contribution in [-0.2, 0) is 10.0 Å². The third-order valence-corrected chi connectivity index (χ3v) is 8.19. The van der Waals surface area contributed by atoms with Gasteiger partial charge < -0.3 is 9.64 Å². The Bertz CT molecular complexity index is 708. The van der Waals surface area contributed by atoms with Gasteiger partial charge in [0, 0.05) is 24.9 Å². The van der Waals surface area contributed by atoms with Crippen molar-refractivity contribution in [1.82, 2.24) is 9.21 Å². The van der Waals surface area contributed by atoms with E-state index in [1.165, 1.54) is 38.5 Å². The van der Waals surface area contributed by atoms with Gasteiger partial charge >= 0.3 is 0 Å². The zero-order valence-corrected chi connectivity index (χ0v) is 16.8. The predicted octanol–water partition coefficient (Wildman–Crippen LogP) is 2.82. The molecule has 0 N–H and O–H groups in total. The van der Waals surface area contributed by atoms with Crippen molar-refractivity contribution in [3.8, 4) is 5.75 Å². The number of halogens is 1. The number of methoxy groups -OCH3 is 1. The molecule has 1 atom stereocenters. The average Bonchev–Trinajstić information content (AvgIpc) is 2.88. The van der Waals surface area contributed by atoms with Crippen LogP contribution in [0.5, 0.6) is 5.75 Å². The van der Waals surface area contributed by atoms with Crippen molar-refractivity contribution >= 4 is 21.8 Å². The highest BCUT2D eigenvalue weighted by Gasteiger charge is 2.35. The molecular weight excluding hydrogens is 375 g/mol. The van der Waals surface area contributed by atoms with Crippen LogP contribution in [0.1, 0.15) is 25.7 Å². The summed E-state index contributed by atoms with van der Waals surface area (Å²) in [4.78, 5) is 2.29. The van der Waals surface area contributed by atoms with E-state index >= 15 is 0 Å². The van der Waals surface area contributed by atoms with E-state index in [1.807, 2.05) is 0 Å². The highest BCUT2D eigenvalue weighted by atomic mass is 32.2. The zero-order chi connectivity index (χ0) is 18.6. The van der Waals surface area contributed by atoms with Crippen LogP contribution in [0.4, 0.5) is 4.39 Å². The van der Waals surface area contributed by atoms with Gasteiger partial charge in [-0.3, -0.25) is 0 Å². The number of thioether (sulfide) groups is 1. The maximum atomic E-state index is 13.8.